The summed E-state index contributed by atoms with van der Waals surface area (Å²) in [6.07, 6.45) is 7.29. The first-order chi connectivity index (χ1) is 18.3. The second-order valence-corrected chi connectivity index (χ2v) is 11.2. The first kappa shape index (κ1) is 24.7. The van der Waals surface area contributed by atoms with Gasteiger partial charge in [-0.05, 0) is 43.2 Å². The Morgan fingerprint density at radius 1 is 1.18 bits per heavy atom. The molecule has 38 heavy (non-hydrogen) atoms. The van der Waals surface area contributed by atoms with Crippen molar-refractivity contribution in [1.82, 2.24) is 15.0 Å². The normalized spacial score (nSPS) is 24.2. The zero-order chi connectivity index (χ0) is 26.5. The number of nitrogens with zero attached hydrogens (tertiary/aromatic N) is 4. The standard InChI is InChI=1S/C27H25F2N5O3S/c1-26(21-11-27(21,14-35-2)38-25(30)34-26)18-7-15(8-19(28)23(18)29)9-20-24-16(3-4-31-20)10-17(12-33-24)37-13-22-32-5-6-36-22/h3-8,10,12,21H,9,11,13-14H2,1-2H3,(H2,30,34)/t21-,26+,27+/m0/s1. The number of aromatic nitrogens is 3. The summed E-state index contributed by atoms with van der Waals surface area (Å²) < 4.78 is 46.3. The van der Waals surface area contributed by atoms with Gasteiger partial charge in [0.25, 0.3) is 0 Å². The van der Waals surface area contributed by atoms with Crippen LogP contribution in [-0.4, -0.2) is 38.6 Å². The van der Waals surface area contributed by atoms with Crippen molar-refractivity contribution in [3.05, 3.63) is 83.5 Å². The van der Waals surface area contributed by atoms with Crippen LogP contribution in [0.2, 0.25) is 0 Å². The second kappa shape index (κ2) is 9.32. The third-order valence-electron chi connectivity index (χ3n) is 7.24. The van der Waals surface area contributed by atoms with Crippen LogP contribution >= 0.6 is 11.8 Å². The molecule has 4 heterocycles. The fourth-order valence-electron chi connectivity index (χ4n) is 5.41. The molecule has 1 aliphatic heterocycles. The molecule has 0 bridgehead atoms. The summed E-state index contributed by atoms with van der Waals surface area (Å²) in [7, 11) is 1.63. The van der Waals surface area contributed by atoms with Crippen molar-refractivity contribution in [3.63, 3.8) is 0 Å². The van der Waals surface area contributed by atoms with Crippen molar-refractivity contribution < 1.29 is 22.7 Å². The van der Waals surface area contributed by atoms with Crippen LogP contribution in [0.4, 0.5) is 8.78 Å². The van der Waals surface area contributed by atoms with Crippen LogP contribution in [0.5, 0.6) is 5.75 Å². The topological polar surface area (TPSA) is 109 Å². The maximum Gasteiger partial charge on any atom is 0.232 e. The molecule has 0 radical (unpaired) electrons. The molecule has 1 saturated carbocycles. The number of thioether (sulfide) groups is 1. The van der Waals surface area contributed by atoms with E-state index in [1.165, 1.54) is 24.1 Å². The molecule has 0 unspecified atom stereocenters. The monoisotopic (exact) mass is 537 g/mol. The van der Waals surface area contributed by atoms with Crippen LogP contribution in [0, 0.1) is 17.6 Å². The van der Waals surface area contributed by atoms with E-state index in [1.54, 1.807) is 31.8 Å². The Balaban J connectivity index is 1.31. The number of halogens is 2. The van der Waals surface area contributed by atoms with E-state index in [4.69, 9.17) is 19.6 Å². The number of hydrogen-bond donors (Lipinski definition) is 1. The highest BCUT2D eigenvalue weighted by Gasteiger charge is 2.66. The predicted molar refractivity (Wildman–Crippen MR) is 139 cm³/mol. The van der Waals surface area contributed by atoms with Crippen molar-refractivity contribution in [3.8, 4) is 5.75 Å². The van der Waals surface area contributed by atoms with Crippen molar-refractivity contribution in [2.45, 2.75) is 36.7 Å². The average molecular weight is 538 g/mol. The number of hydrogen-bond acceptors (Lipinski definition) is 9. The maximum absolute atomic E-state index is 15.3. The minimum absolute atomic E-state index is 0.0245. The Labute approximate surface area is 221 Å². The number of oxazole rings is 1. The van der Waals surface area contributed by atoms with Gasteiger partial charge in [0.15, 0.2) is 23.4 Å². The van der Waals surface area contributed by atoms with Gasteiger partial charge in [0, 0.05) is 36.6 Å². The molecule has 2 N–H and O–H groups in total. The molecule has 6 rings (SSSR count). The quantitative estimate of drug-likeness (QED) is 0.343. The van der Waals surface area contributed by atoms with E-state index in [9.17, 15) is 4.39 Å². The lowest BCUT2D eigenvalue weighted by molar-refractivity contribution is 0.184. The Bertz CT molecular complexity index is 1550. The van der Waals surface area contributed by atoms with Gasteiger partial charge < -0.3 is 19.6 Å². The van der Waals surface area contributed by atoms with Gasteiger partial charge in [-0.2, -0.15) is 0 Å². The van der Waals surface area contributed by atoms with Gasteiger partial charge in [-0.3, -0.25) is 15.0 Å². The molecule has 196 valence electrons. The summed E-state index contributed by atoms with van der Waals surface area (Å²) in [5, 5.41) is 1.16. The van der Waals surface area contributed by atoms with Crippen LogP contribution in [-0.2, 0) is 23.3 Å². The number of amidine groups is 1. The van der Waals surface area contributed by atoms with E-state index in [0.29, 0.717) is 40.2 Å². The SMILES string of the molecule is COC[C@]12C[C@H]1[C@@](C)(c1cc(Cc3nccc4cc(OCc5ncco5)cnc34)cc(F)c1F)N=C(N)S2. The molecule has 1 aromatic carbocycles. The number of aliphatic imine (C=N–C) groups is 1. The first-order valence-electron chi connectivity index (χ1n) is 12.1. The molecular weight excluding hydrogens is 512 g/mol. The lowest BCUT2D eigenvalue weighted by atomic mass is 9.84. The van der Waals surface area contributed by atoms with Crippen LogP contribution in [0.3, 0.4) is 0 Å². The lowest BCUT2D eigenvalue weighted by Crippen LogP contribution is -2.38. The number of pyridine rings is 2. The van der Waals surface area contributed by atoms with E-state index in [1.807, 2.05) is 19.1 Å². The molecule has 1 aliphatic carbocycles. The summed E-state index contributed by atoms with van der Waals surface area (Å²) in [6.45, 7) is 2.46. The molecule has 4 aromatic rings. The van der Waals surface area contributed by atoms with Crippen molar-refractivity contribution in [2.75, 3.05) is 13.7 Å². The Morgan fingerprint density at radius 3 is 2.84 bits per heavy atom. The summed E-state index contributed by atoms with van der Waals surface area (Å²) >= 11 is 1.46. The molecular formula is C27H25F2N5O3S. The van der Waals surface area contributed by atoms with Gasteiger partial charge in [0.05, 0.1) is 40.5 Å². The van der Waals surface area contributed by atoms with Crippen molar-refractivity contribution in [1.29, 1.82) is 0 Å². The van der Waals surface area contributed by atoms with Crippen LogP contribution in [0.25, 0.3) is 10.9 Å². The van der Waals surface area contributed by atoms with Crippen molar-refractivity contribution >= 4 is 27.8 Å². The average Bonchev–Trinajstić information content (AvgIpc) is 3.36. The number of fused-ring (bicyclic) bond motifs is 2. The van der Waals surface area contributed by atoms with Crippen LogP contribution in [0.1, 0.15) is 36.1 Å². The predicted octanol–water partition coefficient (Wildman–Crippen LogP) is 4.75. The Hall–Kier alpha value is -3.57. The van der Waals surface area contributed by atoms with Gasteiger partial charge in [-0.25, -0.2) is 13.8 Å². The van der Waals surface area contributed by atoms with Gasteiger partial charge in [-0.15, -0.1) is 0 Å². The summed E-state index contributed by atoms with van der Waals surface area (Å²) in [5.41, 5.74) is 7.18. The highest BCUT2D eigenvalue weighted by molar-refractivity contribution is 8.15. The number of methoxy groups -OCH3 is 1. The summed E-state index contributed by atoms with van der Waals surface area (Å²) in [5.74, 6) is -0.862. The molecule has 11 heteroatoms. The van der Waals surface area contributed by atoms with E-state index in [-0.39, 0.29) is 29.3 Å². The highest BCUT2D eigenvalue weighted by atomic mass is 32.2. The molecule has 3 atom stereocenters. The zero-order valence-corrected chi connectivity index (χ0v) is 21.6. The van der Waals surface area contributed by atoms with Gasteiger partial charge in [-0.1, -0.05) is 11.8 Å². The first-order valence-corrected chi connectivity index (χ1v) is 12.9. The largest absolute Gasteiger partial charge is 0.482 e. The van der Waals surface area contributed by atoms with E-state index in [2.05, 4.69) is 19.9 Å². The molecule has 2 aliphatic rings. The van der Waals surface area contributed by atoms with Crippen LogP contribution < -0.4 is 10.5 Å². The van der Waals surface area contributed by atoms with E-state index < -0.39 is 17.2 Å². The van der Waals surface area contributed by atoms with E-state index in [0.717, 1.165) is 11.8 Å². The molecule has 0 spiro atoms. The molecule has 1 fully saturated rings. The van der Waals surface area contributed by atoms with Crippen molar-refractivity contribution in [2.24, 2.45) is 16.6 Å². The van der Waals surface area contributed by atoms with E-state index >= 15 is 4.39 Å². The van der Waals surface area contributed by atoms with Gasteiger partial charge >= 0.3 is 0 Å². The number of benzene rings is 1. The highest BCUT2D eigenvalue weighted by Crippen LogP contribution is 2.66. The number of nitrogens with two attached hydrogens (primary N) is 1. The number of ether oxygens (including phenoxy) is 2. The van der Waals surface area contributed by atoms with Gasteiger partial charge in [0.2, 0.25) is 5.89 Å². The van der Waals surface area contributed by atoms with Gasteiger partial charge in [0.1, 0.15) is 12.0 Å². The smallest absolute Gasteiger partial charge is 0.232 e. The Kier molecular flexibility index (Phi) is 6.07. The second-order valence-electron chi connectivity index (χ2n) is 9.78. The minimum atomic E-state index is -1.01. The molecule has 0 saturated heterocycles. The lowest BCUT2D eigenvalue weighted by Gasteiger charge is -2.34. The summed E-state index contributed by atoms with van der Waals surface area (Å²) in [4.78, 5) is 17.7. The Morgan fingerprint density at radius 2 is 2.05 bits per heavy atom. The fraction of sp³-hybridized carbons (Fsp3) is 0.333. The molecule has 0 amide bonds. The fourth-order valence-corrected chi connectivity index (χ4v) is 6.86. The van der Waals surface area contributed by atoms with Crippen LogP contribution in [0.15, 0.2) is 58.5 Å². The molecule has 3 aromatic heterocycles. The minimum Gasteiger partial charge on any atom is -0.482 e. The zero-order valence-electron chi connectivity index (χ0n) is 20.8. The maximum atomic E-state index is 15.3. The molecule has 8 nitrogen and oxygen atoms in total. The number of rotatable bonds is 8. The summed E-state index contributed by atoms with van der Waals surface area (Å²) in [6, 6.07) is 6.54. The third-order valence-corrected chi connectivity index (χ3v) is 8.52. The third kappa shape index (κ3) is 4.29.